The van der Waals surface area contributed by atoms with Gasteiger partial charge in [0, 0.05) is 10.9 Å². The average Bonchev–Trinajstić information content (AvgIpc) is 3.62. The number of furan rings is 1. The van der Waals surface area contributed by atoms with E-state index in [0.717, 1.165) is 41.6 Å². The Morgan fingerprint density at radius 1 is 1.14 bits per heavy atom. The Labute approximate surface area is 207 Å². The van der Waals surface area contributed by atoms with Gasteiger partial charge in [-0.1, -0.05) is 42.7 Å². The van der Waals surface area contributed by atoms with Gasteiger partial charge in [0.15, 0.2) is 6.04 Å². The van der Waals surface area contributed by atoms with Crippen molar-refractivity contribution in [2.24, 2.45) is 0 Å². The van der Waals surface area contributed by atoms with E-state index in [0.29, 0.717) is 18.1 Å². The molecule has 1 aliphatic rings. The fourth-order valence-corrected chi connectivity index (χ4v) is 5.40. The number of fused-ring (bicyclic) bond motifs is 1. The summed E-state index contributed by atoms with van der Waals surface area (Å²) in [6.07, 6.45) is 5.32. The van der Waals surface area contributed by atoms with Gasteiger partial charge in [-0.25, -0.2) is 4.68 Å². The van der Waals surface area contributed by atoms with Gasteiger partial charge < -0.3 is 14.6 Å². The number of amides is 2. The second-order valence-corrected chi connectivity index (χ2v) is 10.1. The van der Waals surface area contributed by atoms with E-state index < -0.39 is 6.04 Å². The Balaban J connectivity index is 1.48. The van der Waals surface area contributed by atoms with Gasteiger partial charge in [0.05, 0.1) is 12.1 Å². The summed E-state index contributed by atoms with van der Waals surface area (Å²) < 4.78 is 7.51. The van der Waals surface area contributed by atoms with Crippen molar-refractivity contribution in [1.82, 2.24) is 25.2 Å². The molecular formula is C26H29N5O3S. The number of hydrogen-bond donors (Lipinski definition) is 1. The summed E-state index contributed by atoms with van der Waals surface area (Å²) in [7, 11) is 0. The molecule has 3 aromatic heterocycles. The molecule has 1 N–H and O–H groups in total. The van der Waals surface area contributed by atoms with Crippen LogP contribution in [0.3, 0.4) is 0 Å². The van der Waals surface area contributed by atoms with Crippen LogP contribution in [0.2, 0.25) is 0 Å². The normalized spacial score (nSPS) is 15.2. The third-order valence-electron chi connectivity index (χ3n) is 6.47. The van der Waals surface area contributed by atoms with Crippen LogP contribution in [-0.4, -0.2) is 37.7 Å². The van der Waals surface area contributed by atoms with Crippen molar-refractivity contribution in [3.8, 4) is 0 Å². The van der Waals surface area contributed by atoms with Gasteiger partial charge in [0.2, 0.25) is 5.91 Å². The van der Waals surface area contributed by atoms with Crippen LogP contribution in [0.1, 0.15) is 54.5 Å². The number of para-hydroxylation sites is 1. The molecule has 5 rings (SSSR count). The summed E-state index contributed by atoms with van der Waals surface area (Å²) in [4.78, 5) is 30.1. The number of hydrogen-bond acceptors (Lipinski definition) is 6. The molecule has 1 aliphatic carbocycles. The Morgan fingerprint density at radius 2 is 1.97 bits per heavy atom. The number of nitrogens with zero attached hydrogens (tertiary/aromatic N) is 4. The van der Waals surface area contributed by atoms with Crippen molar-refractivity contribution in [3.63, 3.8) is 0 Å². The zero-order valence-corrected chi connectivity index (χ0v) is 20.5. The van der Waals surface area contributed by atoms with Crippen LogP contribution in [0.25, 0.3) is 11.0 Å². The van der Waals surface area contributed by atoms with Gasteiger partial charge in [-0.2, -0.15) is 0 Å². The van der Waals surface area contributed by atoms with Crippen molar-refractivity contribution in [2.45, 2.75) is 64.2 Å². The first-order valence-electron chi connectivity index (χ1n) is 12.1. The summed E-state index contributed by atoms with van der Waals surface area (Å²) in [5.41, 5.74) is 1.49. The third-order valence-corrected chi connectivity index (χ3v) is 7.34. The van der Waals surface area contributed by atoms with Crippen LogP contribution >= 0.6 is 11.3 Å². The average molecular weight is 492 g/mol. The van der Waals surface area contributed by atoms with Gasteiger partial charge >= 0.3 is 0 Å². The molecule has 0 saturated heterocycles. The molecule has 1 aromatic carbocycles. The maximum atomic E-state index is 13.8. The van der Waals surface area contributed by atoms with Gasteiger partial charge in [-0.3, -0.25) is 9.59 Å². The van der Waals surface area contributed by atoms with Crippen LogP contribution in [0, 0.1) is 6.92 Å². The van der Waals surface area contributed by atoms with Crippen LogP contribution in [0.15, 0.2) is 58.3 Å². The summed E-state index contributed by atoms with van der Waals surface area (Å²) in [6, 6.07) is 14.3. The summed E-state index contributed by atoms with van der Waals surface area (Å²) in [5.74, 6) is 0.719. The fourth-order valence-electron chi connectivity index (χ4n) is 4.70. The zero-order valence-electron chi connectivity index (χ0n) is 19.7. The Kier molecular flexibility index (Phi) is 6.94. The van der Waals surface area contributed by atoms with Crippen molar-refractivity contribution in [3.05, 3.63) is 70.3 Å². The molecule has 0 bridgehead atoms. The molecule has 35 heavy (non-hydrogen) atoms. The van der Waals surface area contributed by atoms with Gasteiger partial charge in [-0.05, 0) is 55.5 Å². The fraction of sp³-hybridized carbons (Fsp3) is 0.385. The minimum absolute atomic E-state index is 0.0290. The summed E-state index contributed by atoms with van der Waals surface area (Å²) in [5, 5.41) is 13.5. The number of nitrogens with one attached hydrogen (secondary N) is 1. The molecular weight excluding hydrogens is 462 g/mol. The van der Waals surface area contributed by atoms with Crippen molar-refractivity contribution >= 4 is 34.2 Å². The highest BCUT2D eigenvalue weighted by Crippen LogP contribution is 2.28. The minimum Gasteiger partial charge on any atom is -0.464 e. The number of aromatic nitrogens is 3. The maximum Gasteiger partial charge on any atom is 0.250 e. The first kappa shape index (κ1) is 23.3. The number of rotatable bonds is 8. The van der Waals surface area contributed by atoms with E-state index in [2.05, 4.69) is 15.6 Å². The molecule has 9 heteroatoms. The van der Waals surface area contributed by atoms with E-state index in [1.165, 1.54) is 6.42 Å². The lowest BCUT2D eigenvalue weighted by Gasteiger charge is -2.32. The lowest BCUT2D eigenvalue weighted by molar-refractivity contribution is -0.143. The molecule has 182 valence electrons. The zero-order chi connectivity index (χ0) is 24.2. The van der Waals surface area contributed by atoms with Crippen molar-refractivity contribution in [1.29, 1.82) is 0 Å². The van der Waals surface area contributed by atoms with E-state index in [1.807, 2.05) is 54.8 Å². The quantitative estimate of drug-likeness (QED) is 0.388. The van der Waals surface area contributed by atoms with Gasteiger partial charge in [-0.15, -0.1) is 16.4 Å². The number of carbonyl (C=O) groups is 2. The molecule has 3 heterocycles. The second kappa shape index (κ2) is 10.4. The largest absolute Gasteiger partial charge is 0.464 e. The van der Waals surface area contributed by atoms with E-state index >= 15 is 0 Å². The second-order valence-electron chi connectivity index (χ2n) is 9.03. The number of aryl methyl sites for hydroxylation is 1. The van der Waals surface area contributed by atoms with Crippen LogP contribution in [0.4, 0.5) is 0 Å². The molecule has 1 saturated carbocycles. The van der Waals surface area contributed by atoms with E-state index in [4.69, 9.17) is 4.42 Å². The maximum absolute atomic E-state index is 13.8. The molecule has 8 nitrogen and oxygen atoms in total. The Bertz CT molecular complexity index is 1290. The highest BCUT2D eigenvalue weighted by Gasteiger charge is 2.35. The molecule has 1 atom stereocenters. The molecule has 0 unspecified atom stereocenters. The highest BCUT2D eigenvalue weighted by molar-refractivity contribution is 7.09. The lowest BCUT2D eigenvalue weighted by atomic mass is 9.95. The summed E-state index contributed by atoms with van der Waals surface area (Å²) >= 11 is 1.55. The SMILES string of the molecule is Cc1ccc([C@H](C(=O)NC2CCCCC2)N(Cc2cccs2)C(=O)Cn2nnc3ccccc32)o1. The van der Waals surface area contributed by atoms with Gasteiger partial charge in [0.25, 0.3) is 5.91 Å². The van der Waals surface area contributed by atoms with E-state index in [1.54, 1.807) is 27.0 Å². The number of carbonyl (C=O) groups excluding carboxylic acids is 2. The van der Waals surface area contributed by atoms with E-state index in [-0.39, 0.29) is 24.4 Å². The van der Waals surface area contributed by atoms with Crippen LogP contribution < -0.4 is 5.32 Å². The van der Waals surface area contributed by atoms with Crippen LogP contribution in [0.5, 0.6) is 0 Å². The minimum atomic E-state index is -0.880. The standard InChI is InChI=1S/C26H29N5O3S/c1-18-13-14-23(34-18)25(26(33)27-19-8-3-2-4-9-19)30(16-20-10-7-15-35-20)24(32)17-31-22-12-6-5-11-21(22)28-29-31/h5-7,10-15,19,25H,2-4,8-9,16-17H2,1H3,(H,27,33)/t25-/m1/s1. The van der Waals surface area contributed by atoms with Crippen molar-refractivity contribution < 1.29 is 14.0 Å². The smallest absolute Gasteiger partial charge is 0.250 e. The Hall–Kier alpha value is -3.46. The topological polar surface area (TPSA) is 93.3 Å². The number of benzene rings is 1. The molecule has 0 aliphatic heterocycles. The predicted molar refractivity (Wildman–Crippen MR) is 134 cm³/mol. The monoisotopic (exact) mass is 491 g/mol. The van der Waals surface area contributed by atoms with Gasteiger partial charge in [0.1, 0.15) is 23.6 Å². The summed E-state index contributed by atoms with van der Waals surface area (Å²) in [6.45, 7) is 2.11. The van der Waals surface area contributed by atoms with Crippen LogP contribution in [-0.2, 0) is 22.7 Å². The molecule has 0 radical (unpaired) electrons. The van der Waals surface area contributed by atoms with E-state index in [9.17, 15) is 9.59 Å². The molecule has 2 amide bonds. The van der Waals surface area contributed by atoms with Crippen molar-refractivity contribution in [2.75, 3.05) is 0 Å². The first-order chi connectivity index (χ1) is 17.1. The number of thiophene rings is 1. The molecule has 0 spiro atoms. The molecule has 4 aromatic rings. The molecule has 1 fully saturated rings. The first-order valence-corrected chi connectivity index (χ1v) is 12.9. The lowest BCUT2D eigenvalue weighted by Crippen LogP contribution is -2.47. The highest BCUT2D eigenvalue weighted by atomic mass is 32.1. The third kappa shape index (κ3) is 5.30. The predicted octanol–water partition coefficient (Wildman–Crippen LogP) is 4.61. The Morgan fingerprint density at radius 3 is 2.71 bits per heavy atom.